The summed E-state index contributed by atoms with van der Waals surface area (Å²) in [5, 5.41) is 3.23. The van der Waals surface area contributed by atoms with Crippen LogP contribution in [-0.2, 0) is 9.53 Å². The molecular formula is C16H31ClN2O2. The maximum Gasteiger partial charge on any atom is 0.249 e. The van der Waals surface area contributed by atoms with Crippen LogP contribution in [0.5, 0.6) is 0 Å². The summed E-state index contributed by atoms with van der Waals surface area (Å²) in [5.41, 5.74) is 5.59. The zero-order valence-corrected chi connectivity index (χ0v) is 14.2. The van der Waals surface area contributed by atoms with Crippen molar-refractivity contribution in [3.63, 3.8) is 0 Å². The minimum absolute atomic E-state index is 0. The number of carbonyl (C=O) groups excluding carboxylic acids is 1. The SMILES string of the molecule is CC(C)CCC1CCCC1NC(=O)[C@@H]1CC[C@H](CN)O1.Cl. The van der Waals surface area contributed by atoms with Crippen LogP contribution in [0.25, 0.3) is 0 Å². The molecule has 0 aromatic carbocycles. The molecule has 1 aliphatic carbocycles. The Balaban J connectivity index is 0.00000220. The molecule has 4 atom stereocenters. The fraction of sp³-hybridized carbons (Fsp3) is 0.938. The summed E-state index contributed by atoms with van der Waals surface area (Å²) >= 11 is 0. The maximum absolute atomic E-state index is 12.3. The normalized spacial score (nSPS) is 32.2. The van der Waals surface area contributed by atoms with Crippen LogP contribution in [0.2, 0.25) is 0 Å². The number of amides is 1. The Morgan fingerprint density at radius 2 is 2.05 bits per heavy atom. The van der Waals surface area contributed by atoms with E-state index in [4.69, 9.17) is 10.5 Å². The lowest BCUT2D eigenvalue weighted by atomic mass is 9.93. The lowest BCUT2D eigenvalue weighted by Crippen LogP contribution is -2.43. The van der Waals surface area contributed by atoms with Crippen molar-refractivity contribution in [2.24, 2.45) is 17.6 Å². The van der Waals surface area contributed by atoms with E-state index in [-0.39, 0.29) is 30.5 Å². The predicted molar refractivity (Wildman–Crippen MR) is 87.5 cm³/mol. The Labute approximate surface area is 135 Å². The highest BCUT2D eigenvalue weighted by Crippen LogP contribution is 2.31. The van der Waals surface area contributed by atoms with E-state index < -0.39 is 0 Å². The summed E-state index contributed by atoms with van der Waals surface area (Å²) in [7, 11) is 0. The molecular weight excluding hydrogens is 288 g/mol. The van der Waals surface area contributed by atoms with Gasteiger partial charge in [0.2, 0.25) is 5.91 Å². The van der Waals surface area contributed by atoms with Crippen molar-refractivity contribution in [3.05, 3.63) is 0 Å². The Hall–Kier alpha value is -0.320. The number of nitrogens with two attached hydrogens (primary N) is 1. The molecule has 0 radical (unpaired) electrons. The van der Waals surface area contributed by atoms with Gasteiger partial charge in [-0.3, -0.25) is 4.79 Å². The summed E-state index contributed by atoms with van der Waals surface area (Å²) in [4.78, 5) is 12.3. The lowest BCUT2D eigenvalue weighted by Gasteiger charge is -2.23. The van der Waals surface area contributed by atoms with Crippen LogP contribution in [0, 0.1) is 11.8 Å². The lowest BCUT2D eigenvalue weighted by molar-refractivity contribution is -0.132. The molecule has 1 aliphatic heterocycles. The van der Waals surface area contributed by atoms with Gasteiger partial charge in [0, 0.05) is 12.6 Å². The highest BCUT2D eigenvalue weighted by molar-refractivity contribution is 5.85. The predicted octanol–water partition coefficient (Wildman–Crippen LogP) is 2.64. The Morgan fingerprint density at radius 1 is 1.29 bits per heavy atom. The third kappa shape index (κ3) is 5.42. The quantitative estimate of drug-likeness (QED) is 0.791. The second kappa shape index (κ2) is 8.96. The highest BCUT2D eigenvalue weighted by atomic mass is 35.5. The number of hydrogen-bond acceptors (Lipinski definition) is 3. The van der Waals surface area contributed by atoms with Crippen LogP contribution in [-0.4, -0.2) is 30.7 Å². The van der Waals surface area contributed by atoms with Crippen molar-refractivity contribution in [1.29, 1.82) is 0 Å². The van der Waals surface area contributed by atoms with Crippen molar-refractivity contribution >= 4 is 18.3 Å². The Kier molecular flexibility index (Phi) is 7.99. The fourth-order valence-corrected chi connectivity index (χ4v) is 3.47. The summed E-state index contributed by atoms with van der Waals surface area (Å²) in [6, 6.07) is 0.363. The third-order valence-corrected chi connectivity index (χ3v) is 4.76. The van der Waals surface area contributed by atoms with Crippen LogP contribution < -0.4 is 11.1 Å². The standard InChI is InChI=1S/C16H30N2O2.ClH/c1-11(2)6-7-12-4-3-5-14(12)18-16(19)15-9-8-13(10-17)20-15;/h11-15H,3-10,17H2,1-2H3,(H,18,19);1H/t12?,13-,14?,15+;/m1./s1. The molecule has 2 fully saturated rings. The molecule has 4 nitrogen and oxygen atoms in total. The van der Waals surface area contributed by atoms with E-state index in [9.17, 15) is 4.79 Å². The van der Waals surface area contributed by atoms with Crippen molar-refractivity contribution in [2.75, 3.05) is 6.54 Å². The zero-order valence-electron chi connectivity index (χ0n) is 13.3. The Morgan fingerprint density at radius 3 is 2.67 bits per heavy atom. The molecule has 2 aliphatic rings. The first kappa shape index (κ1) is 18.7. The van der Waals surface area contributed by atoms with Crippen LogP contribution in [0.3, 0.4) is 0 Å². The van der Waals surface area contributed by atoms with Crippen LogP contribution in [0.15, 0.2) is 0 Å². The van der Waals surface area contributed by atoms with E-state index in [1.807, 2.05) is 0 Å². The minimum Gasteiger partial charge on any atom is -0.364 e. The van der Waals surface area contributed by atoms with E-state index >= 15 is 0 Å². The number of nitrogens with one attached hydrogen (secondary N) is 1. The number of rotatable bonds is 6. The molecule has 2 unspecified atom stereocenters. The number of carbonyl (C=O) groups is 1. The second-order valence-electron chi connectivity index (χ2n) is 6.84. The first-order chi connectivity index (χ1) is 9.60. The molecule has 1 saturated carbocycles. The summed E-state index contributed by atoms with van der Waals surface area (Å²) in [6.45, 7) is 5.05. The van der Waals surface area contributed by atoms with Gasteiger partial charge in [0.05, 0.1) is 6.10 Å². The monoisotopic (exact) mass is 318 g/mol. The minimum atomic E-state index is -0.269. The molecule has 0 aromatic heterocycles. The second-order valence-corrected chi connectivity index (χ2v) is 6.84. The molecule has 2 rings (SSSR count). The highest BCUT2D eigenvalue weighted by Gasteiger charge is 2.34. The number of hydrogen-bond donors (Lipinski definition) is 2. The molecule has 0 spiro atoms. The van der Waals surface area contributed by atoms with E-state index in [1.54, 1.807) is 0 Å². The van der Waals surface area contributed by atoms with E-state index in [1.165, 1.54) is 25.7 Å². The van der Waals surface area contributed by atoms with Gasteiger partial charge < -0.3 is 15.8 Å². The number of halogens is 1. The van der Waals surface area contributed by atoms with E-state index in [0.717, 1.165) is 25.2 Å². The summed E-state index contributed by atoms with van der Waals surface area (Å²) in [6.07, 6.45) is 7.65. The van der Waals surface area contributed by atoms with Gasteiger partial charge in [-0.2, -0.15) is 0 Å². The largest absolute Gasteiger partial charge is 0.364 e. The summed E-state index contributed by atoms with van der Waals surface area (Å²) < 4.78 is 5.68. The van der Waals surface area contributed by atoms with Crippen molar-refractivity contribution < 1.29 is 9.53 Å². The molecule has 1 amide bonds. The molecule has 0 aromatic rings. The van der Waals surface area contributed by atoms with E-state index in [2.05, 4.69) is 19.2 Å². The van der Waals surface area contributed by atoms with Crippen LogP contribution >= 0.6 is 12.4 Å². The van der Waals surface area contributed by atoms with Gasteiger partial charge in [0.25, 0.3) is 0 Å². The van der Waals surface area contributed by atoms with Gasteiger partial charge in [0.15, 0.2) is 0 Å². The fourth-order valence-electron chi connectivity index (χ4n) is 3.47. The van der Waals surface area contributed by atoms with Crippen molar-refractivity contribution in [3.8, 4) is 0 Å². The van der Waals surface area contributed by atoms with Gasteiger partial charge in [0.1, 0.15) is 6.10 Å². The molecule has 1 saturated heterocycles. The third-order valence-electron chi connectivity index (χ3n) is 4.76. The van der Waals surface area contributed by atoms with Gasteiger partial charge in [-0.1, -0.05) is 26.7 Å². The zero-order chi connectivity index (χ0) is 14.5. The van der Waals surface area contributed by atoms with Gasteiger partial charge in [-0.05, 0) is 43.9 Å². The van der Waals surface area contributed by atoms with Gasteiger partial charge >= 0.3 is 0 Å². The van der Waals surface area contributed by atoms with Crippen molar-refractivity contribution in [2.45, 2.75) is 77.0 Å². The van der Waals surface area contributed by atoms with Crippen LogP contribution in [0.1, 0.15) is 58.8 Å². The molecule has 3 N–H and O–H groups in total. The van der Waals surface area contributed by atoms with Gasteiger partial charge in [-0.25, -0.2) is 0 Å². The molecule has 124 valence electrons. The topological polar surface area (TPSA) is 64.4 Å². The van der Waals surface area contributed by atoms with Crippen LogP contribution in [0.4, 0.5) is 0 Å². The number of ether oxygens (including phenoxy) is 1. The van der Waals surface area contributed by atoms with E-state index in [0.29, 0.717) is 18.5 Å². The average Bonchev–Trinajstić information content (AvgIpc) is 3.04. The smallest absolute Gasteiger partial charge is 0.249 e. The van der Waals surface area contributed by atoms with Gasteiger partial charge in [-0.15, -0.1) is 12.4 Å². The first-order valence-electron chi connectivity index (χ1n) is 8.26. The molecule has 0 bridgehead atoms. The van der Waals surface area contributed by atoms with Crippen molar-refractivity contribution in [1.82, 2.24) is 5.32 Å². The molecule has 1 heterocycles. The maximum atomic E-state index is 12.3. The summed E-state index contributed by atoms with van der Waals surface area (Å²) in [5.74, 6) is 1.49. The molecule has 5 heteroatoms. The molecule has 21 heavy (non-hydrogen) atoms. The Bertz CT molecular complexity index is 325. The average molecular weight is 319 g/mol. The first-order valence-corrected chi connectivity index (χ1v) is 8.26.